The second-order valence-corrected chi connectivity index (χ2v) is 8.11. The third-order valence-corrected chi connectivity index (χ3v) is 6.56. The zero-order valence-corrected chi connectivity index (χ0v) is 16.9. The first-order valence-corrected chi connectivity index (χ1v) is 10.7. The van der Waals surface area contributed by atoms with E-state index in [4.69, 9.17) is 20.2 Å². The summed E-state index contributed by atoms with van der Waals surface area (Å²) >= 11 is 0. The standard InChI is InChI=1S/C20H36N4O3/c1-3-26-17-14-16(20(17)10-6-5-7-11-20)23-18(21)22-15-8-12-24(13-9-15)19(25)27-4-2/h15-17H,3-14H2,1-2H3,(H3,21,22,23). The largest absolute Gasteiger partial charge is 0.450 e. The molecule has 0 aromatic carbocycles. The molecule has 0 aromatic rings. The zero-order valence-electron chi connectivity index (χ0n) is 16.9. The van der Waals surface area contributed by atoms with Crippen molar-refractivity contribution in [3.63, 3.8) is 0 Å². The van der Waals surface area contributed by atoms with E-state index in [-0.39, 0.29) is 23.6 Å². The average molecular weight is 381 g/mol. The normalized spacial score (nSPS) is 28.7. The molecule has 2 unspecified atom stereocenters. The minimum absolute atomic E-state index is 0.202. The van der Waals surface area contributed by atoms with E-state index in [1.165, 1.54) is 32.1 Å². The van der Waals surface area contributed by atoms with Crippen molar-refractivity contribution >= 4 is 12.1 Å². The molecule has 27 heavy (non-hydrogen) atoms. The van der Waals surface area contributed by atoms with Gasteiger partial charge in [-0.05, 0) is 46.0 Å². The van der Waals surface area contributed by atoms with Crippen molar-refractivity contribution in [2.24, 2.45) is 16.1 Å². The number of hydrogen-bond donors (Lipinski definition) is 2. The minimum Gasteiger partial charge on any atom is -0.450 e. The maximum Gasteiger partial charge on any atom is 0.409 e. The van der Waals surface area contributed by atoms with E-state index in [9.17, 15) is 4.79 Å². The number of carbonyl (C=O) groups is 1. The lowest BCUT2D eigenvalue weighted by atomic mass is 9.55. The van der Waals surface area contributed by atoms with Gasteiger partial charge in [-0.15, -0.1) is 0 Å². The summed E-state index contributed by atoms with van der Waals surface area (Å²) in [6.45, 7) is 6.50. The Hall–Kier alpha value is -1.50. The molecule has 1 spiro atoms. The fraction of sp³-hybridized carbons (Fsp3) is 0.900. The molecule has 0 aromatic heterocycles. The van der Waals surface area contributed by atoms with Gasteiger partial charge in [0.25, 0.3) is 0 Å². The van der Waals surface area contributed by atoms with E-state index >= 15 is 0 Å². The zero-order chi connectivity index (χ0) is 19.3. The predicted octanol–water partition coefficient (Wildman–Crippen LogP) is 2.64. The summed E-state index contributed by atoms with van der Waals surface area (Å²) in [6.07, 6.45) is 9.13. The number of likely N-dealkylation sites (tertiary alicyclic amines) is 1. The van der Waals surface area contributed by atoms with Crippen LogP contribution in [0.15, 0.2) is 4.99 Å². The van der Waals surface area contributed by atoms with Gasteiger partial charge in [0.1, 0.15) is 0 Å². The Kier molecular flexibility index (Phi) is 6.84. The Morgan fingerprint density at radius 1 is 1.19 bits per heavy atom. The number of ether oxygens (including phenoxy) is 2. The third kappa shape index (κ3) is 4.50. The van der Waals surface area contributed by atoms with Crippen LogP contribution in [0, 0.1) is 5.41 Å². The summed E-state index contributed by atoms with van der Waals surface area (Å²) in [7, 11) is 0. The summed E-state index contributed by atoms with van der Waals surface area (Å²) in [6, 6.07) is 0.547. The molecule has 1 aliphatic heterocycles. The van der Waals surface area contributed by atoms with Crippen LogP contribution in [0.5, 0.6) is 0 Å². The predicted molar refractivity (Wildman–Crippen MR) is 106 cm³/mol. The second kappa shape index (κ2) is 9.13. The summed E-state index contributed by atoms with van der Waals surface area (Å²) in [5.74, 6) is 0.550. The molecule has 0 radical (unpaired) electrons. The Labute approximate surface area is 163 Å². The van der Waals surface area contributed by atoms with Crippen LogP contribution in [0.4, 0.5) is 4.79 Å². The van der Waals surface area contributed by atoms with Crippen LogP contribution in [-0.4, -0.2) is 61.4 Å². The molecule has 3 N–H and O–H groups in total. The molecule has 2 saturated carbocycles. The smallest absolute Gasteiger partial charge is 0.409 e. The summed E-state index contributed by atoms with van der Waals surface area (Å²) in [5.41, 5.74) is 6.46. The molecule has 3 aliphatic rings. The highest BCUT2D eigenvalue weighted by Gasteiger charge is 2.55. The van der Waals surface area contributed by atoms with Crippen LogP contribution in [0.1, 0.15) is 65.2 Å². The number of amides is 1. The van der Waals surface area contributed by atoms with Gasteiger partial charge in [0.05, 0.1) is 18.8 Å². The summed E-state index contributed by atoms with van der Waals surface area (Å²) in [4.78, 5) is 18.4. The van der Waals surface area contributed by atoms with Gasteiger partial charge >= 0.3 is 6.09 Å². The number of hydrogen-bond acceptors (Lipinski definition) is 4. The van der Waals surface area contributed by atoms with Crippen molar-refractivity contribution in [2.45, 2.75) is 83.4 Å². The van der Waals surface area contributed by atoms with Crippen molar-refractivity contribution in [3.8, 4) is 0 Å². The molecule has 1 saturated heterocycles. The molecule has 3 fully saturated rings. The number of nitrogens with two attached hydrogens (primary N) is 1. The number of aliphatic imine (C=N–C) groups is 1. The molecule has 1 heterocycles. The van der Waals surface area contributed by atoms with Crippen molar-refractivity contribution in [1.29, 1.82) is 0 Å². The van der Waals surface area contributed by atoms with Crippen LogP contribution in [0.3, 0.4) is 0 Å². The molecule has 3 rings (SSSR count). The molecule has 7 heteroatoms. The van der Waals surface area contributed by atoms with Gasteiger partial charge in [0.2, 0.25) is 0 Å². The molecular formula is C20H36N4O3. The highest BCUT2D eigenvalue weighted by Crippen LogP contribution is 2.54. The highest BCUT2D eigenvalue weighted by atomic mass is 16.6. The number of piperidine rings is 1. The number of guanidine groups is 1. The maximum atomic E-state index is 11.8. The lowest BCUT2D eigenvalue weighted by molar-refractivity contribution is -0.139. The molecule has 2 atom stereocenters. The van der Waals surface area contributed by atoms with Gasteiger partial charge in [-0.1, -0.05) is 19.3 Å². The highest BCUT2D eigenvalue weighted by molar-refractivity contribution is 5.78. The van der Waals surface area contributed by atoms with Gasteiger partial charge in [-0.3, -0.25) is 0 Å². The van der Waals surface area contributed by atoms with E-state index < -0.39 is 0 Å². The summed E-state index contributed by atoms with van der Waals surface area (Å²) in [5, 5.41) is 3.39. The van der Waals surface area contributed by atoms with Crippen molar-refractivity contribution in [2.75, 3.05) is 26.3 Å². The van der Waals surface area contributed by atoms with Gasteiger partial charge in [-0.2, -0.15) is 0 Å². The molecule has 2 aliphatic carbocycles. The summed E-state index contributed by atoms with van der Waals surface area (Å²) < 4.78 is 11.1. The Morgan fingerprint density at radius 3 is 2.52 bits per heavy atom. The number of nitrogens with zero attached hydrogens (tertiary/aromatic N) is 2. The Bertz CT molecular complexity index is 525. The lowest BCUT2D eigenvalue weighted by Gasteiger charge is -2.56. The van der Waals surface area contributed by atoms with E-state index in [0.29, 0.717) is 31.8 Å². The first kappa shape index (κ1) is 20.2. The Balaban J connectivity index is 1.51. The van der Waals surface area contributed by atoms with Crippen LogP contribution < -0.4 is 11.1 Å². The number of nitrogens with one attached hydrogen (secondary N) is 1. The third-order valence-electron chi connectivity index (χ3n) is 6.56. The van der Waals surface area contributed by atoms with Crippen molar-refractivity contribution in [1.82, 2.24) is 10.2 Å². The molecule has 1 amide bonds. The molecular weight excluding hydrogens is 344 g/mol. The average Bonchev–Trinajstić information content (AvgIpc) is 2.68. The van der Waals surface area contributed by atoms with Gasteiger partial charge < -0.3 is 25.4 Å². The fourth-order valence-electron chi connectivity index (χ4n) is 5.04. The van der Waals surface area contributed by atoms with E-state index in [1.807, 2.05) is 6.92 Å². The Morgan fingerprint density at radius 2 is 1.89 bits per heavy atom. The van der Waals surface area contributed by atoms with Crippen LogP contribution >= 0.6 is 0 Å². The number of carbonyl (C=O) groups excluding carboxylic acids is 1. The second-order valence-electron chi connectivity index (χ2n) is 8.11. The molecule has 7 nitrogen and oxygen atoms in total. The SMILES string of the molecule is CCOC(=O)N1CCC(NC(N)=NC2CC(OCC)C23CCCCC3)CC1. The quantitative estimate of drug-likeness (QED) is 0.565. The fourth-order valence-corrected chi connectivity index (χ4v) is 5.04. The van der Waals surface area contributed by atoms with Crippen molar-refractivity contribution < 1.29 is 14.3 Å². The maximum absolute atomic E-state index is 11.8. The monoisotopic (exact) mass is 380 g/mol. The van der Waals surface area contributed by atoms with Crippen LogP contribution in [-0.2, 0) is 9.47 Å². The topological polar surface area (TPSA) is 89.2 Å². The molecule has 154 valence electrons. The van der Waals surface area contributed by atoms with Gasteiger partial charge in [0, 0.05) is 31.2 Å². The van der Waals surface area contributed by atoms with E-state index in [1.54, 1.807) is 4.90 Å². The van der Waals surface area contributed by atoms with Crippen LogP contribution in [0.25, 0.3) is 0 Å². The lowest BCUT2D eigenvalue weighted by Crippen LogP contribution is -2.59. The number of rotatable bonds is 5. The molecule has 0 bridgehead atoms. The first-order valence-electron chi connectivity index (χ1n) is 10.7. The van der Waals surface area contributed by atoms with E-state index in [2.05, 4.69) is 12.2 Å². The van der Waals surface area contributed by atoms with Gasteiger partial charge in [0.15, 0.2) is 5.96 Å². The minimum atomic E-state index is -0.215. The van der Waals surface area contributed by atoms with E-state index in [0.717, 1.165) is 25.9 Å². The van der Waals surface area contributed by atoms with Crippen LogP contribution in [0.2, 0.25) is 0 Å². The van der Waals surface area contributed by atoms with Gasteiger partial charge in [-0.25, -0.2) is 9.79 Å². The first-order chi connectivity index (χ1) is 13.1. The van der Waals surface area contributed by atoms with Crippen molar-refractivity contribution in [3.05, 3.63) is 0 Å².